The monoisotopic (exact) mass is 436 g/mol. The second kappa shape index (κ2) is 10.1. The molecule has 0 aliphatic heterocycles. The van der Waals surface area contributed by atoms with E-state index < -0.39 is 20.9 Å². The van der Waals surface area contributed by atoms with Gasteiger partial charge in [-0.15, -0.1) is 0 Å². The van der Waals surface area contributed by atoms with E-state index in [1.165, 1.54) is 37.4 Å². The fourth-order valence-corrected chi connectivity index (χ4v) is 3.63. The highest BCUT2D eigenvalue weighted by Crippen LogP contribution is 2.27. The summed E-state index contributed by atoms with van der Waals surface area (Å²) >= 11 is 0. The van der Waals surface area contributed by atoms with Gasteiger partial charge in [0.2, 0.25) is 10.0 Å². The molecule has 2 rings (SSSR count). The van der Waals surface area contributed by atoms with Crippen molar-refractivity contribution in [2.75, 3.05) is 39.3 Å². The summed E-state index contributed by atoms with van der Waals surface area (Å²) in [4.78, 5) is 24.8. The van der Waals surface area contributed by atoms with Gasteiger partial charge >= 0.3 is 0 Å². The van der Waals surface area contributed by atoms with E-state index in [1.807, 2.05) is 0 Å². The SMILES string of the molecule is COCCNS(=O)(=O)c1ccc(CNC(=O)c2ccc(N(C)C)c([N+](=O)[O-])c2)cc1. The molecule has 11 heteroatoms. The molecule has 0 aliphatic carbocycles. The van der Waals surface area contributed by atoms with Crippen LogP contribution in [-0.2, 0) is 21.3 Å². The number of anilines is 1. The largest absolute Gasteiger partial charge is 0.383 e. The van der Waals surface area contributed by atoms with Gasteiger partial charge in [-0.3, -0.25) is 14.9 Å². The van der Waals surface area contributed by atoms with Gasteiger partial charge in [-0.1, -0.05) is 12.1 Å². The Balaban J connectivity index is 2.04. The summed E-state index contributed by atoms with van der Waals surface area (Å²) in [7, 11) is 1.20. The van der Waals surface area contributed by atoms with Crippen molar-refractivity contribution in [3.8, 4) is 0 Å². The van der Waals surface area contributed by atoms with Crippen LogP contribution in [0.15, 0.2) is 47.4 Å². The van der Waals surface area contributed by atoms with Crippen LogP contribution >= 0.6 is 0 Å². The molecular weight excluding hydrogens is 412 g/mol. The summed E-state index contributed by atoms with van der Waals surface area (Å²) in [5.74, 6) is -0.471. The van der Waals surface area contributed by atoms with Gasteiger partial charge in [-0.05, 0) is 29.8 Å². The number of nitrogens with zero attached hydrogens (tertiary/aromatic N) is 2. The highest BCUT2D eigenvalue weighted by atomic mass is 32.2. The van der Waals surface area contributed by atoms with Crippen LogP contribution in [0.4, 0.5) is 11.4 Å². The number of carbonyl (C=O) groups is 1. The van der Waals surface area contributed by atoms with Crippen molar-refractivity contribution in [2.45, 2.75) is 11.4 Å². The van der Waals surface area contributed by atoms with Crippen LogP contribution in [0.5, 0.6) is 0 Å². The molecule has 0 fully saturated rings. The van der Waals surface area contributed by atoms with E-state index in [1.54, 1.807) is 31.1 Å². The first kappa shape index (κ1) is 23.3. The quantitative estimate of drug-likeness (QED) is 0.328. The van der Waals surface area contributed by atoms with E-state index in [0.29, 0.717) is 11.3 Å². The van der Waals surface area contributed by atoms with Crippen LogP contribution in [0.2, 0.25) is 0 Å². The summed E-state index contributed by atoms with van der Waals surface area (Å²) in [6.07, 6.45) is 0. The first-order valence-electron chi connectivity index (χ1n) is 8.97. The molecule has 0 heterocycles. The van der Waals surface area contributed by atoms with Crippen LogP contribution in [0.3, 0.4) is 0 Å². The number of nitro benzene ring substituents is 1. The zero-order valence-electron chi connectivity index (χ0n) is 16.9. The molecule has 0 aromatic heterocycles. The van der Waals surface area contributed by atoms with Gasteiger partial charge < -0.3 is 15.0 Å². The lowest BCUT2D eigenvalue weighted by atomic mass is 10.1. The molecule has 0 saturated carbocycles. The van der Waals surface area contributed by atoms with Gasteiger partial charge in [0.05, 0.1) is 16.4 Å². The maximum Gasteiger partial charge on any atom is 0.293 e. The Morgan fingerprint density at radius 3 is 2.40 bits per heavy atom. The van der Waals surface area contributed by atoms with Crippen molar-refractivity contribution in [3.05, 3.63) is 63.7 Å². The zero-order valence-corrected chi connectivity index (χ0v) is 17.7. The van der Waals surface area contributed by atoms with E-state index in [-0.39, 0.29) is 35.8 Å². The van der Waals surface area contributed by atoms with Crippen LogP contribution in [-0.4, -0.2) is 53.6 Å². The third-order valence-corrected chi connectivity index (χ3v) is 5.68. The third kappa shape index (κ3) is 5.99. The second-order valence-electron chi connectivity index (χ2n) is 6.57. The number of benzene rings is 2. The molecule has 1 amide bonds. The molecule has 162 valence electrons. The van der Waals surface area contributed by atoms with Crippen molar-refractivity contribution in [1.82, 2.24) is 10.0 Å². The molecular formula is C19H24N4O6S. The number of nitro groups is 1. The minimum Gasteiger partial charge on any atom is -0.383 e. The van der Waals surface area contributed by atoms with Crippen molar-refractivity contribution in [2.24, 2.45) is 0 Å². The lowest BCUT2D eigenvalue weighted by Crippen LogP contribution is -2.27. The first-order valence-corrected chi connectivity index (χ1v) is 10.5. The first-order chi connectivity index (χ1) is 14.2. The van der Waals surface area contributed by atoms with E-state index in [0.717, 1.165) is 0 Å². The lowest BCUT2D eigenvalue weighted by molar-refractivity contribution is -0.384. The highest BCUT2D eigenvalue weighted by molar-refractivity contribution is 7.89. The molecule has 0 saturated heterocycles. The molecule has 2 aromatic carbocycles. The van der Waals surface area contributed by atoms with Crippen LogP contribution in [0, 0.1) is 10.1 Å². The lowest BCUT2D eigenvalue weighted by Gasteiger charge is -2.13. The molecule has 0 atom stereocenters. The fraction of sp³-hybridized carbons (Fsp3) is 0.316. The molecule has 2 N–H and O–H groups in total. The Bertz CT molecular complexity index is 1010. The van der Waals surface area contributed by atoms with Crippen molar-refractivity contribution in [3.63, 3.8) is 0 Å². The Labute approximate surface area is 175 Å². The average molecular weight is 436 g/mol. The number of ether oxygens (including phenoxy) is 1. The predicted octanol–water partition coefficient (Wildman–Crippen LogP) is 1.52. The van der Waals surface area contributed by atoms with Gasteiger partial charge in [-0.2, -0.15) is 0 Å². The number of hydrogen-bond acceptors (Lipinski definition) is 7. The zero-order chi connectivity index (χ0) is 22.3. The highest BCUT2D eigenvalue weighted by Gasteiger charge is 2.19. The Hall–Kier alpha value is -3.02. The van der Waals surface area contributed by atoms with Crippen LogP contribution < -0.4 is 14.9 Å². The maximum absolute atomic E-state index is 12.4. The van der Waals surface area contributed by atoms with Crippen molar-refractivity contribution < 1.29 is 22.9 Å². The average Bonchev–Trinajstić information content (AvgIpc) is 2.71. The number of hydrogen-bond donors (Lipinski definition) is 2. The summed E-state index contributed by atoms with van der Waals surface area (Å²) in [6, 6.07) is 10.3. The summed E-state index contributed by atoms with van der Waals surface area (Å²) in [5.41, 5.74) is 1.07. The van der Waals surface area contributed by atoms with Gasteiger partial charge in [0, 0.05) is 45.9 Å². The maximum atomic E-state index is 12.4. The van der Waals surface area contributed by atoms with Gasteiger partial charge in [0.1, 0.15) is 5.69 Å². The van der Waals surface area contributed by atoms with E-state index in [4.69, 9.17) is 4.74 Å². The number of sulfonamides is 1. The molecule has 0 unspecified atom stereocenters. The number of methoxy groups -OCH3 is 1. The molecule has 0 spiro atoms. The summed E-state index contributed by atoms with van der Waals surface area (Å²) < 4.78 is 31.5. The van der Waals surface area contributed by atoms with E-state index >= 15 is 0 Å². The van der Waals surface area contributed by atoms with Crippen molar-refractivity contribution in [1.29, 1.82) is 0 Å². The fourth-order valence-electron chi connectivity index (χ4n) is 2.62. The molecule has 0 radical (unpaired) electrons. The summed E-state index contributed by atoms with van der Waals surface area (Å²) in [6.45, 7) is 0.561. The molecule has 2 aromatic rings. The minimum absolute atomic E-state index is 0.101. The summed E-state index contributed by atoms with van der Waals surface area (Å²) in [5, 5.41) is 13.9. The number of amides is 1. The second-order valence-corrected chi connectivity index (χ2v) is 8.34. The molecule has 30 heavy (non-hydrogen) atoms. The van der Waals surface area contributed by atoms with Gasteiger partial charge in [0.15, 0.2) is 0 Å². The van der Waals surface area contributed by atoms with E-state index in [2.05, 4.69) is 10.0 Å². The van der Waals surface area contributed by atoms with Gasteiger partial charge in [0.25, 0.3) is 11.6 Å². The van der Waals surface area contributed by atoms with Crippen LogP contribution in [0.25, 0.3) is 0 Å². The normalized spacial score (nSPS) is 11.2. The Kier molecular flexibility index (Phi) is 7.86. The molecule has 10 nitrogen and oxygen atoms in total. The third-order valence-electron chi connectivity index (χ3n) is 4.20. The molecule has 0 bridgehead atoms. The minimum atomic E-state index is -3.63. The van der Waals surface area contributed by atoms with Crippen LogP contribution in [0.1, 0.15) is 15.9 Å². The topological polar surface area (TPSA) is 131 Å². The predicted molar refractivity (Wildman–Crippen MR) is 112 cm³/mol. The Morgan fingerprint density at radius 2 is 1.83 bits per heavy atom. The Morgan fingerprint density at radius 1 is 1.17 bits per heavy atom. The standard InChI is InChI=1S/C19H24N4O6S/c1-22(2)17-9-6-15(12-18(17)23(25)26)19(24)20-13-14-4-7-16(8-5-14)30(27,28)21-10-11-29-3/h4-9,12,21H,10-11,13H2,1-3H3,(H,20,24). The van der Waals surface area contributed by atoms with Crippen molar-refractivity contribution >= 4 is 27.3 Å². The number of nitrogens with one attached hydrogen (secondary N) is 2. The smallest absolute Gasteiger partial charge is 0.293 e. The number of carbonyl (C=O) groups excluding carboxylic acids is 1. The van der Waals surface area contributed by atoms with E-state index in [9.17, 15) is 23.3 Å². The molecule has 0 aliphatic rings. The number of rotatable bonds is 10. The van der Waals surface area contributed by atoms with Gasteiger partial charge in [-0.25, -0.2) is 13.1 Å².